The average molecular weight is 264 g/mol. The molecule has 96 valence electrons. The largest absolute Gasteiger partial charge is 0.366 e. The highest BCUT2D eigenvalue weighted by Gasteiger charge is 2.41. The van der Waals surface area contributed by atoms with Crippen LogP contribution in [0.1, 0.15) is 12.8 Å². The molecular weight excluding hydrogens is 248 g/mol. The fourth-order valence-corrected chi connectivity index (χ4v) is 2.68. The van der Waals surface area contributed by atoms with E-state index in [4.69, 9.17) is 5.84 Å². The van der Waals surface area contributed by atoms with Crippen molar-refractivity contribution >= 4 is 29.0 Å². The molecule has 2 aromatic heterocycles. The molecule has 2 aromatic rings. The normalized spacial score (nSPS) is 16.8. The van der Waals surface area contributed by atoms with E-state index in [1.165, 1.54) is 12.8 Å². The van der Waals surface area contributed by atoms with E-state index in [9.17, 15) is 0 Å². The molecule has 0 aromatic carbocycles. The Kier molecular flexibility index (Phi) is 2.79. The molecule has 4 N–H and O–H groups in total. The molecule has 0 aliphatic heterocycles. The minimum Gasteiger partial charge on any atom is -0.366 e. The molecule has 0 saturated heterocycles. The van der Waals surface area contributed by atoms with E-state index in [0.29, 0.717) is 10.6 Å². The second-order valence-electron chi connectivity index (χ2n) is 4.52. The van der Waals surface area contributed by atoms with Crippen LogP contribution in [-0.2, 0) is 0 Å². The number of nitrogens with two attached hydrogens (primary N) is 1. The number of anilines is 2. The average Bonchev–Trinajstić information content (AvgIpc) is 3.04. The predicted octanol–water partition coefficient (Wildman–Crippen LogP) is 1.32. The number of hydrogen-bond donors (Lipinski definition) is 3. The van der Waals surface area contributed by atoms with Crippen LogP contribution in [0, 0.1) is 0 Å². The number of aromatic nitrogens is 3. The summed E-state index contributed by atoms with van der Waals surface area (Å²) < 4.78 is 2.29. The van der Waals surface area contributed by atoms with Crippen LogP contribution in [0.4, 0.5) is 11.6 Å². The zero-order valence-electron chi connectivity index (χ0n) is 10.2. The van der Waals surface area contributed by atoms with Crippen LogP contribution >= 0.6 is 11.8 Å². The Morgan fingerprint density at radius 2 is 2.39 bits per heavy atom. The van der Waals surface area contributed by atoms with Crippen molar-refractivity contribution in [3.63, 3.8) is 0 Å². The third-order valence-corrected chi connectivity index (χ3v) is 4.76. The molecule has 0 bridgehead atoms. The maximum Gasteiger partial charge on any atom is 0.180 e. The van der Waals surface area contributed by atoms with Crippen molar-refractivity contribution in [3.05, 3.63) is 18.6 Å². The number of hydrazine groups is 1. The number of hydrogen-bond acceptors (Lipinski definition) is 6. The van der Waals surface area contributed by atoms with Gasteiger partial charge in [-0.25, -0.2) is 15.8 Å². The highest BCUT2D eigenvalue weighted by molar-refractivity contribution is 8.00. The van der Waals surface area contributed by atoms with Gasteiger partial charge >= 0.3 is 0 Å². The Bertz CT molecular complexity index is 562. The SMILES string of the molecule is CSC1(CNc2nc(NN)cn3ccnc23)CC1. The van der Waals surface area contributed by atoms with Crippen LogP contribution in [0.5, 0.6) is 0 Å². The minimum atomic E-state index is 0.386. The number of nitrogens with zero attached hydrogens (tertiary/aromatic N) is 3. The second kappa shape index (κ2) is 4.33. The molecule has 0 spiro atoms. The van der Waals surface area contributed by atoms with E-state index < -0.39 is 0 Å². The molecule has 1 saturated carbocycles. The Hall–Kier alpha value is -1.47. The lowest BCUT2D eigenvalue weighted by atomic mass is 10.4. The number of fused-ring (bicyclic) bond motifs is 1. The summed E-state index contributed by atoms with van der Waals surface area (Å²) in [7, 11) is 0. The first-order valence-electron chi connectivity index (χ1n) is 5.86. The van der Waals surface area contributed by atoms with Crippen molar-refractivity contribution in [2.24, 2.45) is 5.84 Å². The molecule has 0 radical (unpaired) electrons. The van der Waals surface area contributed by atoms with E-state index in [1.807, 2.05) is 28.6 Å². The first kappa shape index (κ1) is 11.6. The van der Waals surface area contributed by atoms with Crippen molar-refractivity contribution in [1.82, 2.24) is 14.4 Å². The zero-order chi connectivity index (χ0) is 12.6. The summed E-state index contributed by atoms with van der Waals surface area (Å²) in [4.78, 5) is 8.72. The van der Waals surface area contributed by atoms with E-state index >= 15 is 0 Å². The van der Waals surface area contributed by atoms with Crippen LogP contribution in [0.2, 0.25) is 0 Å². The summed E-state index contributed by atoms with van der Waals surface area (Å²) in [5.74, 6) is 6.82. The van der Waals surface area contributed by atoms with Gasteiger partial charge in [0.25, 0.3) is 0 Å². The molecule has 1 aliphatic carbocycles. The Labute approximate surface area is 109 Å². The Morgan fingerprint density at radius 1 is 1.56 bits per heavy atom. The quantitative estimate of drug-likeness (QED) is 0.558. The summed E-state index contributed by atoms with van der Waals surface area (Å²) in [6.07, 6.45) is 10.1. The van der Waals surface area contributed by atoms with Crippen molar-refractivity contribution in [3.8, 4) is 0 Å². The zero-order valence-corrected chi connectivity index (χ0v) is 11.0. The van der Waals surface area contributed by atoms with Crippen molar-refractivity contribution in [2.75, 3.05) is 23.5 Å². The van der Waals surface area contributed by atoms with Gasteiger partial charge in [0.15, 0.2) is 17.3 Å². The summed E-state index contributed by atoms with van der Waals surface area (Å²) in [5.41, 5.74) is 3.40. The summed E-state index contributed by atoms with van der Waals surface area (Å²) in [6.45, 7) is 0.914. The standard InChI is InChI=1S/C11H16N6S/c1-18-11(2-3-11)7-14-9-10-13-4-5-17(10)6-8(15-9)16-12/h4-6,16H,2-3,7,12H2,1H3,(H,14,15). The maximum absolute atomic E-state index is 5.42. The lowest BCUT2D eigenvalue weighted by molar-refractivity contribution is 0.937. The van der Waals surface area contributed by atoms with Crippen LogP contribution in [-0.4, -0.2) is 31.9 Å². The van der Waals surface area contributed by atoms with E-state index in [0.717, 1.165) is 18.0 Å². The molecule has 2 heterocycles. The fourth-order valence-electron chi connectivity index (χ4n) is 1.96. The fraction of sp³-hybridized carbons (Fsp3) is 0.455. The van der Waals surface area contributed by atoms with Crippen molar-refractivity contribution < 1.29 is 0 Å². The van der Waals surface area contributed by atoms with Gasteiger partial charge < -0.3 is 15.1 Å². The molecule has 0 atom stereocenters. The Balaban J connectivity index is 1.87. The van der Waals surface area contributed by atoms with Gasteiger partial charge in [-0.1, -0.05) is 0 Å². The molecule has 0 amide bonds. The molecule has 18 heavy (non-hydrogen) atoms. The minimum absolute atomic E-state index is 0.386. The number of nitrogen functional groups attached to an aromatic ring is 1. The van der Waals surface area contributed by atoms with Gasteiger partial charge in [0.2, 0.25) is 0 Å². The van der Waals surface area contributed by atoms with Gasteiger partial charge in [-0.3, -0.25) is 0 Å². The van der Waals surface area contributed by atoms with Crippen LogP contribution in [0.25, 0.3) is 5.65 Å². The molecule has 3 rings (SSSR count). The van der Waals surface area contributed by atoms with Crippen LogP contribution < -0.4 is 16.6 Å². The van der Waals surface area contributed by atoms with E-state index in [1.54, 1.807) is 6.20 Å². The number of thioether (sulfide) groups is 1. The van der Waals surface area contributed by atoms with Gasteiger partial charge in [0.1, 0.15) is 0 Å². The number of imidazole rings is 1. The van der Waals surface area contributed by atoms with Crippen molar-refractivity contribution in [2.45, 2.75) is 17.6 Å². The second-order valence-corrected chi connectivity index (χ2v) is 5.79. The van der Waals surface area contributed by atoms with Gasteiger partial charge in [-0.05, 0) is 19.1 Å². The molecule has 6 nitrogen and oxygen atoms in total. The third-order valence-electron chi connectivity index (χ3n) is 3.34. The van der Waals surface area contributed by atoms with Crippen LogP contribution in [0.3, 0.4) is 0 Å². The van der Waals surface area contributed by atoms with Gasteiger partial charge in [-0.15, -0.1) is 0 Å². The monoisotopic (exact) mass is 264 g/mol. The molecule has 7 heteroatoms. The molecule has 1 aliphatic rings. The summed E-state index contributed by atoms with van der Waals surface area (Å²) in [5, 5.41) is 3.39. The number of nitrogens with one attached hydrogen (secondary N) is 2. The van der Waals surface area contributed by atoms with Gasteiger partial charge in [0, 0.05) is 23.7 Å². The maximum atomic E-state index is 5.42. The molecule has 1 fully saturated rings. The lowest BCUT2D eigenvalue weighted by Gasteiger charge is -2.14. The number of rotatable bonds is 5. The highest BCUT2D eigenvalue weighted by atomic mass is 32.2. The van der Waals surface area contributed by atoms with E-state index in [2.05, 4.69) is 27.0 Å². The first-order chi connectivity index (χ1) is 8.76. The highest BCUT2D eigenvalue weighted by Crippen LogP contribution is 2.47. The smallest absolute Gasteiger partial charge is 0.180 e. The predicted molar refractivity (Wildman–Crippen MR) is 74.8 cm³/mol. The van der Waals surface area contributed by atoms with Gasteiger partial charge in [-0.2, -0.15) is 11.8 Å². The third kappa shape index (κ3) is 1.99. The Morgan fingerprint density at radius 3 is 3.06 bits per heavy atom. The van der Waals surface area contributed by atoms with Gasteiger partial charge in [0.05, 0.1) is 6.20 Å². The lowest BCUT2D eigenvalue weighted by Crippen LogP contribution is -2.19. The summed E-state index contributed by atoms with van der Waals surface area (Å²) in [6, 6.07) is 0. The molecule has 0 unspecified atom stereocenters. The van der Waals surface area contributed by atoms with E-state index in [-0.39, 0.29) is 0 Å². The molecular formula is C11H16N6S. The van der Waals surface area contributed by atoms with Crippen molar-refractivity contribution in [1.29, 1.82) is 0 Å². The topological polar surface area (TPSA) is 80.3 Å². The summed E-state index contributed by atoms with van der Waals surface area (Å²) >= 11 is 1.92. The first-order valence-corrected chi connectivity index (χ1v) is 7.08. The van der Waals surface area contributed by atoms with Crippen LogP contribution in [0.15, 0.2) is 18.6 Å².